The van der Waals surface area contributed by atoms with Crippen molar-refractivity contribution in [3.63, 3.8) is 0 Å². The average molecular weight is 348 g/mol. The molecule has 1 aliphatic heterocycles. The van der Waals surface area contributed by atoms with Crippen LogP contribution in [-0.4, -0.2) is 27.5 Å². The summed E-state index contributed by atoms with van der Waals surface area (Å²) in [7, 11) is -3.78. The Labute approximate surface area is 139 Å². The Morgan fingerprint density at radius 3 is 2.67 bits per heavy atom. The zero-order valence-corrected chi connectivity index (χ0v) is 13.5. The van der Waals surface area contributed by atoms with Gasteiger partial charge in [0.2, 0.25) is 10.0 Å². The second kappa shape index (κ2) is 6.50. The molecule has 7 nitrogen and oxygen atoms in total. The van der Waals surface area contributed by atoms with Gasteiger partial charge in [-0.2, -0.15) is 0 Å². The molecule has 0 atom stereocenters. The number of para-hydroxylation sites is 1. The summed E-state index contributed by atoms with van der Waals surface area (Å²) >= 11 is 0. The van der Waals surface area contributed by atoms with E-state index in [1.807, 2.05) is 0 Å². The van der Waals surface area contributed by atoms with Gasteiger partial charge in [0.15, 0.2) is 11.5 Å². The van der Waals surface area contributed by atoms with Crippen LogP contribution in [0.1, 0.15) is 15.9 Å². The molecular formula is C16H16N2O5S. The van der Waals surface area contributed by atoms with Gasteiger partial charge in [0.1, 0.15) is 13.2 Å². The van der Waals surface area contributed by atoms with Crippen LogP contribution in [0.15, 0.2) is 47.4 Å². The smallest absolute Gasteiger partial charge is 0.255 e. The van der Waals surface area contributed by atoms with Gasteiger partial charge in [-0.25, -0.2) is 13.6 Å². The van der Waals surface area contributed by atoms with Gasteiger partial charge in [-0.05, 0) is 29.8 Å². The highest BCUT2D eigenvalue weighted by atomic mass is 32.2. The Bertz CT molecular complexity index is 880. The topological polar surface area (TPSA) is 108 Å². The number of amides is 1. The number of nitrogens with one attached hydrogen (secondary N) is 1. The summed E-state index contributed by atoms with van der Waals surface area (Å²) in [4.78, 5) is 12.4. The van der Waals surface area contributed by atoms with Crippen molar-refractivity contribution in [2.24, 2.45) is 5.14 Å². The summed E-state index contributed by atoms with van der Waals surface area (Å²) in [5, 5.41) is 7.84. The lowest BCUT2D eigenvalue weighted by molar-refractivity contribution is 0.0939. The van der Waals surface area contributed by atoms with Crippen molar-refractivity contribution in [1.29, 1.82) is 0 Å². The lowest BCUT2D eigenvalue weighted by atomic mass is 10.1. The molecule has 126 valence electrons. The highest BCUT2D eigenvalue weighted by Gasteiger charge is 2.20. The van der Waals surface area contributed by atoms with Crippen molar-refractivity contribution >= 4 is 15.9 Å². The average Bonchev–Trinajstić information content (AvgIpc) is 2.58. The monoisotopic (exact) mass is 348 g/mol. The standard InChI is InChI=1S/C16H16N2O5S/c17-24(20,21)12-4-1-3-11(9-12)10-18-16(19)13-5-2-6-14-15(13)23-8-7-22-14/h1-6,9H,7-8,10H2,(H,18,19)(H2,17,20,21). The van der Waals surface area contributed by atoms with Crippen LogP contribution in [0.2, 0.25) is 0 Å². The molecule has 2 aromatic carbocycles. The van der Waals surface area contributed by atoms with Crippen molar-refractivity contribution in [1.82, 2.24) is 5.32 Å². The molecule has 0 aliphatic carbocycles. The molecular weight excluding hydrogens is 332 g/mol. The minimum absolute atomic E-state index is 0.00285. The van der Waals surface area contributed by atoms with Gasteiger partial charge in [-0.1, -0.05) is 18.2 Å². The Kier molecular flexibility index (Phi) is 4.41. The quantitative estimate of drug-likeness (QED) is 0.858. The number of rotatable bonds is 4. The second-order valence-electron chi connectivity index (χ2n) is 5.20. The Morgan fingerprint density at radius 1 is 1.12 bits per heavy atom. The highest BCUT2D eigenvalue weighted by Crippen LogP contribution is 2.33. The fourth-order valence-corrected chi connectivity index (χ4v) is 2.95. The molecule has 1 amide bonds. The number of carbonyl (C=O) groups excluding carboxylic acids is 1. The fraction of sp³-hybridized carbons (Fsp3) is 0.188. The molecule has 1 aliphatic rings. The molecule has 0 unspecified atom stereocenters. The van der Waals surface area contributed by atoms with Crippen LogP contribution in [0.3, 0.4) is 0 Å². The SMILES string of the molecule is NS(=O)(=O)c1cccc(CNC(=O)c2cccc3c2OCCO3)c1. The van der Waals surface area contributed by atoms with E-state index in [2.05, 4.69) is 5.32 Å². The van der Waals surface area contributed by atoms with Crippen molar-refractivity contribution in [3.8, 4) is 11.5 Å². The molecule has 8 heteroatoms. The number of primary sulfonamides is 1. The molecule has 3 rings (SSSR count). The largest absolute Gasteiger partial charge is 0.486 e. The summed E-state index contributed by atoms with van der Waals surface area (Å²) in [6.45, 7) is 0.985. The van der Waals surface area contributed by atoms with Crippen LogP contribution in [0.5, 0.6) is 11.5 Å². The molecule has 3 N–H and O–H groups in total. The first-order valence-corrected chi connectivity index (χ1v) is 8.78. The number of ether oxygens (including phenoxy) is 2. The summed E-state index contributed by atoms with van der Waals surface area (Å²) in [5.41, 5.74) is 0.992. The van der Waals surface area contributed by atoms with Crippen LogP contribution < -0.4 is 19.9 Å². The van der Waals surface area contributed by atoms with Crippen molar-refractivity contribution in [2.45, 2.75) is 11.4 Å². The minimum atomic E-state index is -3.78. The van der Waals surface area contributed by atoms with Gasteiger partial charge in [-0.3, -0.25) is 4.79 Å². The molecule has 0 fully saturated rings. The highest BCUT2D eigenvalue weighted by molar-refractivity contribution is 7.89. The maximum Gasteiger partial charge on any atom is 0.255 e. The number of carbonyl (C=O) groups is 1. The molecule has 1 heterocycles. The van der Waals surface area contributed by atoms with Crippen molar-refractivity contribution in [2.75, 3.05) is 13.2 Å². The van der Waals surface area contributed by atoms with E-state index in [1.54, 1.807) is 30.3 Å². The number of hydrogen-bond donors (Lipinski definition) is 2. The van der Waals surface area contributed by atoms with Crippen LogP contribution >= 0.6 is 0 Å². The van der Waals surface area contributed by atoms with Crippen molar-refractivity contribution in [3.05, 3.63) is 53.6 Å². The number of sulfonamides is 1. The maximum absolute atomic E-state index is 12.4. The van der Waals surface area contributed by atoms with Gasteiger partial charge < -0.3 is 14.8 Å². The van der Waals surface area contributed by atoms with Gasteiger partial charge in [0.25, 0.3) is 5.91 Å². The molecule has 0 saturated carbocycles. The van der Waals surface area contributed by atoms with Gasteiger partial charge in [0, 0.05) is 6.54 Å². The van der Waals surface area contributed by atoms with E-state index in [4.69, 9.17) is 14.6 Å². The van der Waals surface area contributed by atoms with E-state index in [9.17, 15) is 13.2 Å². The van der Waals surface area contributed by atoms with E-state index in [0.29, 0.717) is 35.8 Å². The first-order chi connectivity index (χ1) is 11.4. The minimum Gasteiger partial charge on any atom is -0.486 e. The predicted octanol–water partition coefficient (Wildman–Crippen LogP) is 1.04. The number of nitrogens with two attached hydrogens (primary N) is 1. The van der Waals surface area contributed by atoms with Gasteiger partial charge in [0.05, 0.1) is 10.5 Å². The molecule has 0 bridgehead atoms. The van der Waals surface area contributed by atoms with Gasteiger partial charge >= 0.3 is 0 Å². The van der Waals surface area contributed by atoms with E-state index in [0.717, 1.165) is 0 Å². The van der Waals surface area contributed by atoms with E-state index in [-0.39, 0.29) is 17.3 Å². The van der Waals surface area contributed by atoms with Crippen LogP contribution in [0, 0.1) is 0 Å². The molecule has 0 spiro atoms. The van der Waals surface area contributed by atoms with Crippen LogP contribution in [0.25, 0.3) is 0 Å². The summed E-state index contributed by atoms with van der Waals surface area (Å²) < 4.78 is 33.7. The van der Waals surface area contributed by atoms with Crippen LogP contribution in [0.4, 0.5) is 0 Å². The third-order valence-electron chi connectivity index (χ3n) is 3.49. The van der Waals surface area contributed by atoms with E-state index < -0.39 is 10.0 Å². The number of fused-ring (bicyclic) bond motifs is 1. The number of benzene rings is 2. The fourth-order valence-electron chi connectivity index (χ4n) is 2.36. The second-order valence-corrected chi connectivity index (χ2v) is 6.77. The van der Waals surface area contributed by atoms with E-state index in [1.165, 1.54) is 12.1 Å². The lowest BCUT2D eigenvalue weighted by Crippen LogP contribution is -2.25. The first kappa shape index (κ1) is 16.3. The first-order valence-electron chi connectivity index (χ1n) is 7.24. The predicted molar refractivity (Wildman–Crippen MR) is 86.4 cm³/mol. The summed E-state index contributed by atoms with van der Waals surface area (Å²) in [6, 6.07) is 11.2. The molecule has 0 saturated heterocycles. The zero-order chi connectivity index (χ0) is 17.2. The lowest BCUT2D eigenvalue weighted by Gasteiger charge is -2.20. The zero-order valence-electron chi connectivity index (χ0n) is 12.7. The van der Waals surface area contributed by atoms with Gasteiger partial charge in [-0.15, -0.1) is 0 Å². The number of hydrogen-bond acceptors (Lipinski definition) is 5. The van der Waals surface area contributed by atoms with E-state index >= 15 is 0 Å². The molecule has 0 aromatic heterocycles. The van der Waals surface area contributed by atoms with Crippen molar-refractivity contribution < 1.29 is 22.7 Å². The molecule has 0 radical (unpaired) electrons. The maximum atomic E-state index is 12.4. The normalized spacial score (nSPS) is 13.4. The molecule has 2 aromatic rings. The summed E-state index contributed by atoms with van der Waals surface area (Å²) in [5.74, 6) is 0.614. The summed E-state index contributed by atoms with van der Waals surface area (Å²) in [6.07, 6.45) is 0. The Hall–Kier alpha value is -2.58. The Balaban J connectivity index is 1.75. The third-order valence-corrected chi connectivity index (χ3v) is 4.40. The molecule has 24 heavy (non-hydrogen) atoms. The van der Waals surface area contributed by atoms with Crippen LogP contribution in [-0.2, 0) is 16.6 Å². The Morgan fingerprint density at radius 2 is 1.88 bits per heavy atom. The third kappa shape index (κ3) is 3.50.